The zero-order valence-electron chi connectivity index (χ0n) is 18.1. The molecule has 0 aliphatic rings. The maximum absolute atomic E-state index is 5.60. The van der Waals surface area contributed by atoms with Crippen molar-refractivity contribution in [2.75, 3.05) is 13.6 Å². The minimum atomic E-state index is -0.124. The van der Waals surface area contributed by atoms with Crippen molar-refractivity contribution in [2.45, 2.75) is 38.9 Å². The second-order valence-corrected chi connectivity index (χ2v) is 7.95. The van der Waals surface area contributed by atoms with Gasteiger partial charge >= 0.3 is 0 Å². The number of aromatic nitrogens is 1. The maximum Gasteiger partial charge on any atom is 0.226 e. The van der Waals surface area contributed by atoms with E-state index in [1.165, 1.54) is 5.56 Å². The molecule has 1 atom stereocenters. The van der Waals surface area contributed by atoms with Crippen molar-refractivity contribution in [3.05, 3.63) is 78.2 Å². The second kappa shape index (κ2) is 10.1. The average Bonchev–Trinajstić information content (AvgIpc) is 3.24. The summed E-state index contributed by atoms with van der Waals surface area (Å²) >= 11 is 0. The Labute approximate surface area is 178 Å². The van der Waals surface area contributed by atoms with Crippen LogP contribution in [0.4, 0.5) is 0 Å². The first-order valence-electron chi connectivity index (χ1n) is 10.2. The fourth-order valence-electron chi connectivity index (χ4n) is 3.26. The van der Waals surface area contributed by atoms with Crippen LogP contribution in [0.25, 0.3) is 11.5 Å². The molecule has 6 nitrogen and oxygen atoms in total. The van der Waals surface area contributed by atoms with Gasteiger partial charge in [-0.1, -0.05) is 48.5 Å². The first-order valence-corrected chi connectivity index (χ1v) is 10.2. The molecule has 0 fully saturated rings. The summed E-state index contributed by atoms with van der Waals surface area (Å²) in [6, 6.07) is 20.6. The molecule has 0 aliphatic heterocycles. The summed E-state index contributed by atoms with van der Waals surface area (Å²) in [5.41, 5.74) is 2.94. The molecule has 3 N–H and O–H groups in total. The van der Waals surface area contributed by atoms with Crippen molar-refractivity contribution in [2.24, 2.45) is 4.99 Å². The molecule has 30 heavy (non-hydrogen) atoms. The Morgan fingerprint density at radius 3 is 2.37 bits per heavy atom. The Kier molecular flexibility index (Phi) is 7.25. The molecule has 158 valence electrons. The van der Waals surface area contributed by atoms with Gasteiger partial charge in [0, 0.05) is 30.7 Å². The van der Waals surface area contributed by atoms with Crippen molar-refractivity contribution in [3.8, 4) is 11.5 Å². The lowest BCUT2D eigenvalue weighted by Crippen LogP contribution is -2.52. The van der Waals surface area contributed by atoms with Gasteiger partial charge in [0.15, 0.2) is 5.96 Å². The Morgan fingerprint density at radius 1 is 1.03 bits per heavy atom. The number of benzene rings is 2. The van der Waals surface area contributed by atoms with Gasteiger partial charge in [-0.2, -0.15) is 0 Å². The number of rotatable bonds is 8. The molecule has 2 aromatic carbocycles. The Balaban J connectivity index is 1.49. The van der Waals surface area contributed by atoms with Crippen LogP contribution >= 0.6 is 0 Å². The van der Waals surface area contributed by atoms with E-state index in [0.29, 0.717) is 12.4 Å². The van der Waals surface area contributed by atoms with Crippen LogP contribution in [0.5, 0.6) is 0 Å². The van der Waals surface area contributed by atoms with Crippen LogP contribution in [-0.2, 0) is 6.54 Å². The first-order chi connectivity index (χ1) is 14.5. The third-order valence-electron chi connectivity index (χ3n) is 4.84. The van der Waals surface area contributed by atoms with Gasteiger partial charge < -0.3 is 20.4 Å². The van der Waals surface area contributed by atoms with Crippen LogP contribution < -0.4 is 16.0 Å². The Morgan fingerprint density at radius 2 is 1.70 bits per heavy atom. The zero-order chi connectivity index (χ0) is 21.4. The summed E-state index contributed by atoms with van der Waals surface area (Å²) in [6.45, 7) is 7.79. The summed E-state index contributed by atoms with van der Waals surface area (Å²) in [7, 11) is 1.76. The Hall–Kier alpha value is -3.12. The predicted molar refractivity (Wildman–Crippen MR) is 122 cm³/mol. The largest absolute Gasteiger partial charge is 0.444 e. The molecule has 0 aliphatic carbocycles. The molecule has 0 saturated carbocycles. The van der Waals surface area contributed by atoms with Crippen molar-refractivity contribution in [1.82, 2.24) is 20.9 Å². The van der Waals surface area contributed by atoms with Gasteiger partial charge in [-0.3, -0.25) is 4.99 Å². The summed E-state index contributed by atoms with van der Waals surface area (Å²) in [5, 5.41) is 10.4. The quantitative estimate of drug-likeness (QED) is 0.388. The highest BCUT2D eigenvalue weighted by atomic mass is 16.3. The molecule has 3 aromatic rings. The summed E-state index contributed by atoms with van der Waals surface area (Å²) < 4.78 is 5.60. The summed E-state index contributed by atoms with van der Waals surface area (Å²) in [6.07, 6.45) is 1.68. The van der Waals surface area contributed by atoms with E-state index in [2.05, 4.69) is 71.0 Å². The fraction of sp³-hybridized carbons (Fsp3) is 0.333. The van der Waals surface area contributed by atoms with E-state index in [9.17, 15) is 0 Å². The number of guanidine groups is 1. The van der Waals surface area contributed by atoms with Gasteiger partial charge in [-0.05, 0) is 38.5 Å². The van der Waals surface area contributed by atoms with Gasteiger partial charge in [0.25, 0.3) is 0 Å². The normalized spacial score (nSPS) is 13.1. The molecular weight excluding hydrogens is 374 g/mol. The van der Waals surface area contributed by atoms with Crippen LogP contribution in [0.1, 0.15) is 38.1 Å². The van der Waals surface area contributed by atoms with E-state index in [4.69, 9.17) is 4.42 Å². The van der Waals surface area contributed by atoms with Gasteiger partial charge in [0.05, 0.1) is 12.2 Å². The minimum Gasteiger partial charge on any atom is -0.444 e. The topological polar surface area (TPSA) is 74.5 Å². The van der Waals surface area contributed by atoms with Gasteiger partial charge in [-0.15, -0.1) is 0 Å². The molecule has 0 amide bonds. The van der Waals surface area contributed by atoms with Gasteiger partial charge in [-0.25, -0.2) is 4.98 Å². The highest BCUT2D eigenvalue weighted by Crippen LogP contribution is 2.18. The summed E-state index contributed by atoms with van der Waals surface area (Å²) in [4.78, 5) is 8.86. The average molecular weight is 406 g/mol. The number of aliphatic imine (C=N–C) groups is 1. The van der Waals surface area contributed by atoms with Gasteiger partial charge in [0.2, 0.25) is 5.89 Å². The second-order valence-electron chi connectivity index (χ2n) is 7.95. The minimum absolute atomic E-state index is 0.124. The van der Waals surface area contributed by atoms with Crippen LogP contribution in [0.3, 0.4) is 0 Å². The standard InChI is InChI=1S/C24H31N5O/c1-18(19-11-7-5-8-12-19)29-24(2,3)17-27-23(25-4)26-15-21-16-30-22(28-21)20-13-9-6-10-14-20/h5-14,16,18,29H,15,17H2,1-4H3,(H2,25,26,27). The third-order valence-corrected chi connectivity index (χ3v) is 4.84. The van der Waals surface area contributed by atoms with Crippen LogP contribution in [0, 0.1) is 0 Å². The van der Waals surface area contributed by atoms with Crippen molar-refractivity contribution >= 4 is 5.96 Å². The molecule has 1 heterocycles. The number of nitrogens with zero attached hydrogens (tertiary/aromatic N) is 2. The lowest BCUT2D eigenvalue weighted by molar-refractivity contribution is 0.345. The molecule has 6 heteroatoms. The summed E-state index contributed by atoms with van der Waals surface area (Å²) in [5.74, 6) is 1.34. The van der Waals surface area contributed by atoms with E-state index in [1.807, 2.05) is 36.4 Å². The fourth-order valence-corrected chi connectivity index (χ4v) is 3.26. The van der Waals surface area contributed by atoms with Crippen LogP contribution in [0.15, 0.2) is 76.3 Å². The lowest BCUT2D eigenvalue weighted by atomic mass is 10.0. The molecule has 3 rings (SSSR count). The molecule has 0 saturated heterocycles. The number of oxazole rings is 1. The van der Waals surface area contributed by atoms with E-state index in [-0.39, 0.29) is 11.6 Å². The third kappa shape index (κ3) is 6.19. The molecule has 0 radical (unpaired) electrons. The zero-order valence-corrected chi connectivity index (χ0v) is 18.1. The van der Waals surface area contributed by atoms with E-state index < -0.39 is 0 Å². The van der Waals surface area contributed by atoms with Crippen LogP contribution in [0.2, 0.25) is 0 Å². The lowest BCUT2D eigenvalue weighted by Gasteiger charge is -2.31. The predicted octanol–water partition coefficient (Wildman–Crippen LogP) is 4.14. The van der Waals surface area contributed by atoms with Crippen LogP contribution in [-0.4, -0.2) is 30.1 Å². The van der Waals surface area contributed by atoms with E-state index >= 15 is 0 Å². The van der Waals surface area contributed by atoms with Gasteiger partial charge in [0.1, 0.15) is 6.26 Å². The maximum atomic E-state index is 5.60. The SMILES string of the molecule is CN=C(NCc1coc(-c2ccccc2)n1)NCC(C)(C)NC(C)c1ccccc1. The van der Waals surface area contributed by atoms with E-state index in [0.717, 1.165) is 23.8 Å². The smallest absolute Gasteiger partial charge is 0.226 e. The highest BCUT2D eigenvalue weighted by molar-refractivity contribution is 5.79. The first kappa shape index (κ1) is 21.6. The molecule has 1 aromatic heterocycles. The molecular formula is C24H31N5O. The molecule has 0 spiro atoms. The molecule has 0 bridgehead atoms. The van der Waals surface area contributed by atoms with Crippen molar-refractivity contribution < 1.29 is 4.42 Å². The van der Waals surface area contributed by atoms with Crippen molar-refractivity contribution in [1.29, 1.82) is 0 Å². The van der Waals surface area contributed by atoms with E-state index in [1.54, 1.807) is 13.3 Å². The van der Waals surface area contributed by atoms with Crippen molar-refractivity contribution in [3.63, 3.8) is 0 Å². The number of hydrogen-bond acceptors (Lipinski definition) is 4. The highest BCUT2D eigenvalue weighted by Gasteiger charge is 2.21. The molecule has 1 unspecified atom stereocenters. The number of nitrogens with one attached hydrogen (secondary N) is 3. The monoisotopic (exact) mass is 405 g/mol. The Bertz CT molecular complexity index is 934. The number of hydrogen-bond donors (Lipinski definition) is 3.